The number of hydrogen-bond acceptors (Lipinski definition) is 7. The minimum atomic E-state index is -0.414. The zero-order chi connectivity index (χ0) is 24.7. The van der Waals surface area contributed by atoms with Gasteiger partial charge in [0, 0.05) is 12.1 Å². The normalized spacial score (nSPS) is 10.5. The van der Waals surface area contributed by atoms with E-state index in [-0.39, 0.29) is 12.3 Å². The standard InChI is InChI=1S/C25H29N3O6/c1-6-34-25(30)20-15-26-28(16(20)2)19-9-7-8-18(14-19)27-23(29)11-10-17-12-21(31-3)24(33-5)22(13-17)32-4/h7-9,12-15H,6,10-11H2,1-5H3,(H,27,29). The van der Waals surface area contributed by atoms with Crippen LogP contribution < -0.4 is 19.5 Å². The molecule has 0 radical (unpaired) electrons. The molecular formula is C25H29N3O6. The van der Waals surface area contributed by atoms with Crippen LogP contribution in [0.3, 0.4) is 0 Å². The molecule has 180 valence electrons. The van der Waals surface area contributed by atoms with E-state index in [1.54, 1.807) is 52.0 Å². The summed E-state index contributed by atoms with van der Waals surface area (Å²) < 4.78 is 22.8. The van der Waals surface area contributed by atoms with Gasteiger partial charge in [0.05, 0.1) is 45.5 Å². The van der Waals surface area contributed by atoms with Gasteiger partial charge in [-0.15, -0.1) is 0 Å². The number of amides is 1. The molecule has 3 rings (SSSR count). The van der Waals surface area contributed by atoms with Gasteiger partial charge >= 0.3 is 5.97 Å². The molecule has 1 aromatic heterocycles. The number of aryl methyl sites for hydroxylation is 1. The van der Waals surface area contributed by atoms with E-state index >= 15 is 0 Å². The van der Waals surface area contributed by atoms with Gasteiger partial charge in [-0.2, -0.15) is 5.10 Å². The molecule has 1 N–H and O–H groups in total. The lowest BCUT2D eigenvalue weighted by molar-refractivity contribution is -0.116. The molecule has 0 aliphatic carbocycles. The Morgan fingerprint density at radius 1 is 1.03 bits per heavy atom. The van der Waals surface area contributed by atoms with Crippen LogP contribution in [-0.2, 0) is 16.0 Å². The summed E-state index contributed by atoms with van der Waals surface area (Å²) in [4.78, 5) is 24.7. The van der Waals surface area contributed by atoms with Gasteiger partial charge in [-0.3, -0.25) is 4.79 Å². The van der Waals surface area contributed by atoms with Crippen LogP contribution in [-0.4, -0.2) is 49.6 Å². The summed E-state index contributed by atoms with van der Waals surface area (Å²) in [6, 6.07) is 10.9. The molecule has 0 aliphatic heterocycles. The summed E-state index contributed by atoms with van der Waals surface area (Å²) in [6.45, 7) is 3.84. The fourth-order valence-corrected chi connectivity index (χ4v) is 3.56. The highest BCUT2D eigenvalue weighted by Gasteiger charge is 2.17. The molecule has 0 fully saturated rings. The SMILES string of the molecule is CCOC(=O)c1cnn(-c2cccc(NC(=O)CCc3cc(OC)c(OC)c(OC)c3)c2)c1C. The molecule has 3 aromatic rings. The van der Waals surface area contributed by atoms with Crippen LogP contribution in [0.25, 0.3) is 5.69 Å². The van der Waals surface area contributed by atoms with Crippen molar-refractivity contribution in [3.05, 3.63) is 59.4 Å². The smallest absolute Gasteiger partial charge is 0.341 e. The van der Waals surface area contributed by atoms with Crippen molar-refractivity contribution in [1.82, 2.24) is 9.78 Å². The summed E-state index contributed by atoms with van der Waals surface area (Å²) in [5.74, 6) is 1.04. The number of carbonyl (C=O) groups excluding carboxylic acids is 2. The van der Waals surface area contributed by atoms with Gasteiger partial charge in [0.25, 0.3) is 0 Å². The lowest BCUT2D eigenvalue weighted by Gasteiger charge is -2.14. The fraction of sp³-hybridized carbons (Fsp3) is 0.320. The number of nitrogens with zero attached hydrogens (tertiary/aromatic N) is 2. The molecule has 0 aliphatic rings. The van der Waals surface area contributed by atoms with Crippen LogP contribution in [0.2, 0.25) is 0 Å². The largest absolute Gasteiger partial charge is 0.493 e. The number of benzene rings is 2. The van der Waals surface area contributed by atoms with Crippen LogP contribution in [0, 0.1) is 6.92 Å². The number of aromatic nitrogens is 2. The maximum atomic E-state index is 12.6. The third kappa shape index (κ3) is 5.48. The molecule has 1 heterocycles. The number of ether oxygens (including phenoxy) is 4. The van der Waals surface area contributed by atoms with Crippen LogP contribution in [0.15, 0.2) is 42.6 Å². The first-order valence-electron chi connectivity index (χ1n) is 10.8. The summed E-state index contributed by atoms with van der Waals surface area (Å²) >= 11 is 0. The molecule has 2 aromatic carbocycles. The Hall–Kier alpha value is -4.01. The molecular weight excluding hydrogens is 438 g/mol. The van der Waals surface area contributed by atoms with Gasteiger partial charge in [0.1, 0.15) is 5.56 Å². The molecule has 0 unspecified atom stereocenters. The summed E-state index contributed by atoms with van der Waals surface area (Å²) in [5, 5.41) is 7.21. The minimum Gasteiger partial charge on any atom is -0.493 e. The van der Waals surface area contributed by atoms with Crippen molar-refractivity contribution in [3.63, 3.8) is 0 Å². The van der Waals surface area contributed by atoms with Crippen molar-refractivity contribution in [2.45, 2.75) is 26.7 Å². The predicted octanol–water partition coefficient (Wildman–Crippen LogP) is 3.95. The third-order valence-corrected chi connectivity index (χ3v) is 5.24. The van der Waals surface area contributed by atoms with Crippen molar-refractivity contribution in [2.75, 3.05) is 33.3 Å². The zero-order valence-corrected chi connectivity index (χ0v) is 20.0. The van der Waals surface area contributed by atoms with Gasteiger partial charge in [0.2, 0.25) is 11.7 Å². The molecule has 0 saturated carbocycles. The number of carbonyl (C=O) groups is 2. The van der Waals surface area contributed by atoms with Crippen LogP contribution >= 0.6 is 0 Å². The van der Waals surface area contributed by atoms with Crippen molar-refractivity contribution < 1.29 is 28.5 Å². The average molecular weight is 468 g/mol. The predicted molar refractivity (Wildman–Crippen MR) is 127 cm³/mol. The maximum absolute atomic E-state index is 12.6. The molecule has 0 atom stereocenters. The van der Waals surface area contributed by atoms with Gasteiger partial charge < -0.3 is 24.3 Å². The lowest BCUT2D eigenvalue weighted by Crippen LogP contribution is -2.13. The minimum absolute atomic E-state index is 0.143. The Morgan fingerprint density at radius 3 is 2.35 bits per heavy atom. The zero-order valence-electron chi connectivity index (χ0n) is 20.0. The molecule has 9 nitrogen and oxygen atoms in total. The first-order valence-corrected chi connectivity index (χ1v) is 10.8. The number of nitrogens with one attached hydrogen (secondary N) is 1. The Balaban J connectivity index is 1.69. The molecule has 9 heteroatoms. The van der Waals surface area contributed by atoms with Crippen LogP contribution in [0.4, 0.5) is 5.69 Å². The van der Waals surface area contributed by atoms with E-state index in [4.69, 9.17) is 18.9 Å². The highest BCUT2D eigenvalue weighted by atomic mass is 16.5. The molecule has 0 bridgehead atoms. The molecule has 0 saturated heterocycles. The lowest BCUT2D eigenvalue weighted by atomic mass is 10.1. The van der Waals surface area contributed by atoms with Gasteiger partial charge in [0.15, 0.2) is 11.5 Å². The summed E-state index contributed by atoms with van der Waals surface area (Å²) in [6.07, 6.45) is 2.23. The second-order valence-electron chi connectivity index (χ2n) is 7.41. The van der Waals surface area contributed by atoms with E-state index < -0.39 is 5.97 Å². The number of hydrogen-bond donors (Lipinski definition) is 1. The second-order valence-corrected chi connectivity index (χ2v) is 7.41. The number of esters is 1. The second kappa shape index (κ2) is 11.2. The monoisotopic (exact) mass is 467 g/mol. The number of methoxy groups -OCH3 is 3. The number of anilines is 1. The van der Waals surface area contributed by atoms with Crippen LogP contribution in [0.5, 0.6) is 17.2 Å². The molecule has 0 spiro atoms. The molecule has 1 amide bonds. The summed E-state index contributed by atoms with van der Waals surface area (Å²) in [5.41, 5.74) is 3.29. The average Bonchev–Trinajstić information content (AvgIpc) is 3.23. The fourth-order valence-electron chi connectivity index (χ4n) is 3.56. The van der Waals surface area contributed by atoms with Crippen molar-refractivity contribution >= 4 is 17.6 Å². The van der Waals surface area contributed by atoms with Crippen molar-refractivity contribution in [3.8, 4) is 22.9 Å². The Labute approximate surface area is 198 Å². The van der Waals surface area contributed by atoms with Gasteiger partial charge in [-0.25, -0.2) is 9.48 Å². The van der Waals surface area contributed by atoms with E-state index in [1.807, 2.05) is 24.3 Å². The first-order chi connectivity index (χ1) is 16.4. The molecule has 34 heavy (non-hydrogen) atoms. The van der Waals surface area contributed by atoms with Crippen LogP contribution in [0.1, 0.15) is 35.0 Å². The van der Waals surface area contributed by atoms with E-state index in [1.165, 1.54) is 6.20 Å². The highest BCUT2D eigenvalue weighted by molar-refractivity contribution is 5.91. The third-order valence-electron chi connectivity index (χ3n) is 5.24. The van der Waals surface area contributed by atoms with E-state index in [0.29, 0.717) is 47.2 Å². The number of rotatable bonds is 10. The Morgan fingerprint density at radius 2 is 1.74 bits per heavy atom. The summed E-state index contributed by atoms with van der Waals surface area (Å²) in [7, 11) is 4.65. The van der Waals surface area contributed by atoms with E-state index in [9.17, 15) is 9.59 Å². The Bertz CT molecular complexity index is 1150. The quantitative estimate of drug-likeness (QED) is 0.451. The maximum Gasteiger partial charge on any atom is 0.341 e. The highest BCUT2D eigenvalue weighted by Crippen LogP contribution is 2.38. The van der Waals surface area contributed by atoms with Gasteiger partial charge in [-0.1, -0.05) is 6.07 Å². The van der Waals surface area contributed by atoms with Gasteiger partial charge in [-0.05, 0) is 56.2 Å². The van der Waals surface area contributed by atoms with E-state index in [2.05, 4.69) is 10.4 Å². The van der Waals surface area contributed by atoms with Crippen molar-refractivity contribution in [2.24, 2.45) is 0 Å². The van der Waals surface area contributed by atoms with Crippen molar-refractivity contribution in [1.29, 1.82) is 0 Å². The topological polar surface area (TPSA) is 101 Å². The van der Waals surface area contributed by atoms with E-state index in [0.717, 1.165) is 11.3 Å². The Kier molecular flexibility index (Phi) is 8.13. The first kappa shape index (κ1) is 24.6.